The van der Waals surface area contributed by atoms with E-state index >= 15 is 0 Å². The summed E-state index contributed by atoms with van der Waals surface area (Å²) in [5.41, 5.74) is 2.41. The van der Waals surface area contributed by atoms with Crippen molar-refractivity contribution < 1.29 is 9.59 Å². The van der Waals surface area contributed by atoms with Crippen LogP contribution in [-0.4, -0.2) is 29.7 Å². The van der Waals surface area contributed by atoms with Gasteiger partial charge in [0.1, 0.15) is 0 Å². The second-order valence-electron chi connectivity index (χ2n) is 6.83. The molecule has 1 aromatic carbocycles. The van der Waals surface area contributed by atoms with Crippen molar-refractivity contribution >= 4 is 23.0 Å². The molecule has 1 N–H and O–H groups in total. The maximum absolute atomic E-state index is 12.0. The highest BCUT2D eigenvalue weighted by Crippen LogP contribution is 2.14. The zero-order valence-corrected chi connectivity index (χ0v) is 15.9. The molecule has 1 aliphatic rings. The molecule has 0 aliphatic carbocycles. The summed E-state index contributed by atoms with van der Waals surface area (Å²) in [7, 11) is 0. The van der Waals surface area contributed by atoms with Crippen LogP contribution in [0.3, 0.4) is 0 Å². The SMILES string of the molecule is O=C(CCC(=O)c1cccs1)NCc1ccc(CN2CCCCC2)cc1. The predicted octanol–water partition coefficient (Wildman–Crippen LogP) is 4.01. The van der Waals surface area contributed by atoms with Crippen molar-refractivity contribution in [3.8, 4) is 0 Å². The highest BCUT2D eigenvalue weighted by Gasteiger charge is 2.11. The van der Waals surface area contributed by atoms with Crippen LogP contribution in [0.15, 0.2) is 41.8 Å². The number of nitrogens with zero attached hydrogens (tertiary/aromatic N) is 1. The maximum atomic E-state index is 12.0. The Balaban J connectivity index is 1.38. The van der Waals surface area contributed by atoms with Crippen LogP contribution in [0.1, 0.15) is 52.9 Å². The van der Waals surface area contributed by atoms with Crippen molar-refractivity contribution in [2.24, 2.45) is 0 Å². The molecule has 1 aromatic heterocycles. The van der Waals surface area contributed by atoms with Crippen LogP contribution < -0.4 is 5.32 Å². The van der Waals surface area contributed by atoms with Gasteiger partial charge in [-0.05, 0) is 48.5 Å². The quantitative estimate of drug-likeness (QED) is 0.714. The van der Waals surface area contributed by atoms with Gasteiger partial charge in [-0.3, -0.25) is 14.5 Å². The Hall–Kier alpha value is -1.98. The highest BCUT2D eigenvalue weighted by atomic mass is 32.1. The normalized spacial score (nSPS) is 14.9. The smallest absolute Gasteiger partial charge is 0.220 e. The van der Waals surface area contributed by atoms with Gasteiger partial charge < -0.3 is 5.32 Å². The first kappa shape index (κ1) is 18.8. The first-order chi connectivity index (χ1) is 12.7. The third-order valence-electron chi connectivity index (χ3n) is 4.74. The molecule has 5 heteroatoms. The molecule has 3 rings (SSSR count). The minimum atomic E-state index is -0.0766. The molecule has 4 nitrogen and oxygen atoms in total. The zero-order chi connectivity index (χ0) is 18.2. The number of rotatable bonds is 8. The van der Waals surface area contributed by atoms with Crippen molar-refractivity contribution in [2.45, 2.75) is 45.2 Å². The number of likely N-dealkylation sites (tertiary alicyclic amines) is 1. The van der Waals surface area contributed by atoms with E-state index in [1.54, 1.807) is 6.07 Å². The van der Waals surface area contributed by atoms with Crippen LogP contribution >= 0.6 is 11.3 Å². The number of thiophene rings is 1. The fourth-order valence-corrected chi connectivity index (χ4v) is 3.91. The summed E-state index contributed by atoms with van der Waals surface area (Å²) in [5.74, 6) is -0.0375. The third-order valence-corrected chi connectivity index (χ3v) is 5.65. The summed E-state index contributed by atoms with van der Waals surface area (Å²) in [6, 6.07) is 12.1. The first-order valence-electron chi connectivity index (χ1n) is 9.34. The predicted molar refractivity (Wildman–Crippen MR) is 105 cm³/mol. The number of carbonyl (C=O) groups excluding carboxylic acids is 2. The zero-order valence-electron chi connectivity index (χ0n) is 15.1. The Labute approximate surface area is 159 Å². The number of hydrogen-bond donors (Lipinski definition) is 1. The lowest BCUT2D eigenvalue weighted by atomic mass is 10.1. The Morgan fingerprint density at radius 1 is 0.962 bits per heavy atom. The maximum Gasteiger partial charge on any atom is 0.220 e. The number of nitrogens with one attached hydrogen (secondary N) is 1. The number of benzene rings is 1. The lowest BCUT2D eigenvalue weighted by Crippen LogP contribution is -2.29. The molecule has 0 saturated carbocycles. The monoisotopic (exact) mass is 370 g/mol. The number of Topliss-reactive ketones (excluding diaryl/α,β-unsaturated/α-hetero) is 1. The van der Waals surface area contributed by atoms with E-state index in [2.05, 4.69) is 34.5 Å². The molecule has 138 valence electrons. The summed E-state index contributed by atoms with van der Waals surface area (Å²) in [4.78, 5) is 27.1. The Bertz CT molecular complexity index is 704. The standard InChI is InChI=1S/C21H26N2O2S/c24-19(20-5-4-14-26-20)10-11-21(25)22-15-17-6-8-18(9-7-17)16-23-12-2-1-3-13-23/h4-9,14H,1-3,10-13,15-16H2,(H,22,25). The second-order valence-corrected chi connectivity index (χ2v) is 7.78. The topological polar surface area (TPSA) is 49.4 Å². The summed E-state index contributed by atoms with van der Waals surface area (Å²) >= 11 is 1.42. The summed E-state index contributed by atoms with van der Waals surface area (Å²) in [6.07, 6.45) is 4.47. The molecule has 1 amide bonds. The van der Waals surface area contributed by atoms with Gasteiger partial charge >= 0.3 is 0 Å². The van der Waals surface area contributed by atoms with Crippen LogP contribution in [0.2, 0.25) is 0 Å². The van der Waals surface area contributed by atoms with E-state index < -0.39 is 0 Å². The van der Waals surface area contributed by atoms with Gasteiger partial charge in [0.05, 0.1) is 4.88 Å². The fourth-order valence-electron chi connectivity index (χ4n) is 3.21. The van der Waals surface area contributed by atoms with Crippen molar-refractivity contribution in [1.29, 1.82) is 0 Å². The van der Waals surface area contributed by atoms with Gasteiger partial charge in [0.15, 0.2) is 5.78 Å². The largest absolute Gasteiger partial charge is 0.352 e. The summed E-state index contributed by atoms with van der Waals surface area (Å²) < 4.78 is 0. The van der Waals surface area contributed by atoms with Gasteiger partial charge in [0, 0.05) is 25.9 Å². The van der Waals surface area contributed by atoms with Gasteiger partial charge in [0.2, 0.25) is 5.91 Å². The Morgan fingerprint density at radius 2 is 1.69 bits per heavy atom. The van der Waals surface area contributed by atoms with Crippen LogP contribution in [0, 0.1) is 0 Å². The number of piperidine rings is 1. The molecule has 0 unspecified atom stereocenters. The number of carbonyl (C=O) groups is 2. The summed E-state index contributed by atoms with van der Waals surface area (Å²) in [5, 5.41) is 4.78. The van der Waals surface area contributed by atoms with Crippen LogP contribution in [-0.2, 0) is 17.9 Å². The Kier molecular flexibility index (Phi) is 6.97. The van der Waals surface area contributed by atoms with Gasteiger partial charge in [0.25, 0.3) is 0 Å². The van der Waals surface area contributed by atoms with Crippen molar-refractivity contribution in [2.75, 3.05) is 13.1 Å². The molecule has 0 spiro atoms. The molecule has 1 aliphatic heterocycles. The molecule has 2 heterocycles. The van der Waals surface area contributed by atoms with Gasteiger partial charge in [-0.1, -0.05) is 36.8 Å². The second kappa shape index (κ2) is 9.64. The minimum Gasteiger partial charge on any atom is -0.352 e. The van der Waals surface area contributed by atoms with E-state index in [4.69, 9.17) is 0 Å². The molecular formula is C21H26N2O2S. The van der Waals surface area contributed by atoms with E-state index in [0.717, 1.165) is 17.0 Å². The van der Waals surface area contributed by atoms with Crippen LogP contribution in [0.25, 0.3) is 0 Å². The molecule has 0 atom stereocenters. The number of hydrogen-bond acceptors (Lipinski definition) is 4. The van der Waals surface area contributed by atoms with E-state index in [-0.39, 0.29) is 24.5 Å². The summed E-state index contributed by atoms with van der Waals surface area (Å²) in [6.45, 7) is 3.91. The number of amides is 1. The average molecular weight is 371 g/mol. The highest BCUT2D eigenvalue weighted by molar-refractivity contribution is 7.12. The lowest BCUT2D eigenvalue weighted by Gasteiger charge is -2.26. The molecule has 26 heavy (non-hydrogen) atoms. The van der Waals surface area contributed by atoms with Crippen molar-refractivity contribution in [3.63, 3.8) is 0 Å². The first-order valence-corrected chi connectivity index (χ1v) is 10.2. The molecule has 0 radical (unpaired) electrons. The van der Waals surface area contributed by atoms with E-state index in [9.17, 15) is 9.59 Å². The Morgan fingerprint density at radius 3 is 2.38 bits per heavy atom. The van der Waals surface area contributed by atoms with E-state index in [1.165, 1.54) is 49.3 Å². The van der Waals surface area contributed by atoms with E-state index in [1.807, 2.05) is 11.4 Å². The van der Waals surface area contributed by atoms with Gasteiger partial charge in [-0.15, -0.1) is 11.3 Å². The fraction of sp³-hybridized carbons (Fsp3) is 0.429. The molecular weight excluding hydrogens is 344 g/mol. The van der Waals surface area contributed by atoms with Crippen LogP contribution in [0.5, 0.6) is 0 Å². The molecule has 1 fully saturated rings. The minimum absolute atomic E-state index is 0.0391. The van der Waals surface area contributed by atoms with Crippen molar-refractivity contribution in [3.05, 3.63) is 57.8 Å². The van der Waals surface area contributed by atoms with Gasteiger partial charge in [-0.2, -0.15) is 0 Å². The van der Waals surface area contributed by atoms with Gasteiger partial charge in [-0.25, -0.2) is 0 Å². The molecule has 2 aromatic rings. The molecule has 0 bridgehead atoms. The average Bonchev–Trinajstić information content (AvgIpc) is 3.21. The lowest BCUT2D eigenvalue weighted by molar-refractivity contribution is -0.121. The third kappa shape index (κ3) is 5.78. The van der Waals surface area contributed by atoms with Crippen molar-refractivity contribution in [1.82, 2.24) is 10.2 Å². The van der Waals surface area contributed by atoms with Crippen LogP contribution in [0.4, 0.5) is 0 Å². The molecule has 1 saturated heterocycles. The van der Waals surface area contributed by atoms with E-state index in [0.29, 0.717) is 6.54 Å². The number of ketones is 1.